The Morgan fingerprint density at radius 2 is 2.07 bits per heavy atom. The minimum atomic E-state index is -0.131. The van der Waals surface area contributed by atoms with Crippen LogP contribution >= 0.6 is 35.9 Å². The molecular formula is C19H24ClN3O2S2. The molecule has 1 fully saturated rings. The summed E-state index contributed by atoms with van der Waals surface area (Å²) in [6.45, 7) is 2.62. The Balaban J connectivity index is 0.00000261. The SMILES string of the molecule is CCCCC=C1SC(=O)N(CCCCSc2cccc3nccn23)C1=O.Cl. The average molecular weight is 426 g/mol. The standard InChI is InChI=1S/C19H23N3O2S2.ClH/c1-2-3-4-8-15-18(23)22(19(24)26-15)12-5-6-14-25-17-10-7-9-16-20-11-13-21(16)17;/h7-11,13H,2-6,12,14H2,1H3;1H. The second-order valence-corrected chi connectivity index (χ2v) is 8.22. The summed E-state index contributed by atoms with van der Waals surface area (Å²) in [6.07, 6.45) is 10.4. The second kappa shape index (κ2) is 10.8. The van der Waals surface area contributed by atoms with Gasteiger partial charge in [-0.1, -0.05) is 31.9 Å². The number of hydrogen-bond acceptors (Lipinski definition) is 5. The molecule has 0 aromatic carbocycles. The van der Waals surface area contributed by atoms with E-state index in [9.17, 15) is 9.59 Å². The maximum atomic E-state index is 12.3. The smallest absolute Gasteiger partial charge is 0.293 e. The molecule has 0 radical (unpaired) electrons. The number of imide groups is 1. The zero-order valence-corrected chi connectivity index (χ0v) is 17.7. The van der Waals surface area contributed by atoms with E-state index in [4.69, 9.17) is 0 Å². The first-order valence-electron chi connectivity index (χ1n) is 8.99. The molecule has 3 rings (SSSR count). The van der Waals surface area contributed by atoms with Crippen molar-refractivity contribution in [2.45, 2.75) is 44.1 Å². The van der Waals surface area contributed by atoms with Crippen LogP contribution < -0.4 is 0 Å². The van der Waals surface area contributed by atoms with Crippen LogP contribution in [-0.4, -0.2) is 37.7 Å². The molecule has 1 saturated heterocycles. The zero-order chi connectivity index (χ0) is 18.4. The summed E-state index contributed by atoms with van der Waals surface area (Å²) in [5.41, 5.74) is 0.947. The Bertz CT molecular complexity index is 822. The minimum absolute atomic E-state index is 0. The van der Waals surface area contributed by atoms with Crippen molar-refractivity contribution >= 4 is 52.7 Å². The van der Waals surface area contributed by atoms with Gasteiger partial charge in [0, 0.05) is 18.9 Å². The highest BCUT2D eigenvalue weighted by Gasteiger charge is 2.34. The first-order chi connectivity index (χ1) is 12.7. The van der Waals surface area contributed by atoms with Crippen LogP contribution in [0.1, 0.15) is 39.0 Å². The second-order valence-electron chi connectivity index (χ2n) is 6.11. The van der Waals surface area contributed by atoms with Gasteiger partial charge in [-0.25, -0.2) is 4.98 Å². The summed E-state index contributed by atoms with van der Waals surface area (Å²) in [5.74, 6) is 0.826. The molecule has 27 heavy (non-hydrogen) atoms. The molecule has 1 aliphatic rings. The third-order valence-electron chi connectivity index (χ3n) is 4.18. The molecule has 8 heteroatoms. The quantitative estimate of drug-likeness (QED) is 0.306. The van der Waals surface area contributed by atoms with Crippen molar-refractivity contribution in [3.8, 4) is 0 Å². The Morgan fingerprint density at radius 3 is 2.89 bits per heavy atom. The van der Waals surface area contributed by atoms with Crippen LogP contribution in [0.2, 0.25) is 0 Å². The Labute approximate surface area is 174 Å². The Morgan fingerprint density at radius 1 is 1.22 bits per heavy atom. The van der Waals surface area contributed by atoms with Crippen molar-refractivity contribution in [2.75, 3.05) is 12.3 Å². The highest BCUT2D eigenvalue weighted by atomic mass is 35.5. The number of thioether (sulfide) groups is 2. The Hall–Kier alpha value is -1.44. The van der Waals surface area contributed by atoms with E-state index in [0.717, 1.165) is 60.3 Å². The fraction of sp³-hybridized carbons (Fsp3) is 0.421. The molecule has 0 aliphatic carbocycles. The number of aromatic nitrogens is 2. The molecular weight excluding hydrogens is 402 g/mol. The van der Waals surface area contributed by atoms with E-state index >= 15 is 0 Å². The fourth-order valence-electron chi connectivity index (χ4n) is 2.76. The number of allylic oxidation sites excluding steroid dienone is 1. The lowest BCUT2D eigenvalue weighted by molar-refractivity contribution is -0.122. The molecule has 3 heterocycles. The van der Waals surface area contributed by atoms with Gasteiger partial charge in [0.05, 0.1) is 9.93 Å². The number of fused-ring (bicyclic) bond motifs is 1. The van der Waals surface area contributed by atoms with Crippen LogP contribution in [0.3, 0.4) is 0 Å². The minimum Gasteiger partial charge on any atom is -0.294 e. The molecule has 146 valence electrons. The molecule has 0 atom stereocenters. The van der Waals surface area contributed by atoms with Gasteiger partial charge in [0.25, 0.3) is 11.1 Å². The van der Waals surface area contributed by atoms with Gasteiger partial charge in [0.2, 0.25) is 0 Å². The maximum absolute atomic E-state index is 12.3. The predicted molar refractivity (Wildman–Crippen MR) is 115 cm³/mol. The number of unbranched alkanes of at least 4 members (excludes halogenated alkanes) is 3. The molecule has 1 aliphatic heterocycles. The maximum Gasteiger partial charge on any atom is 0.293 e. The highest BCUT2D eigenvalue weighted by molar-refractivity contribution is 8.18. The normalized spacial score (nSPS) is 15.7. The van der Waals surface area contributed by atoms with E-state index in [1.807, 2.05) is 24.4 Å². The van der Waals surface area contributed by atoms with Crippen molar-refractivity contribution in [1.82, 2.24) is 14.3 Å². The number of halogens is 1. The van der Waals surface area contributed by atoms with Gasteiger partial charge in [-0.3, -0.25) is 18.9 Å². The summed E-state index contributed by atoms with van der Waals surface area (Å²) in [6, 6.07) is 6.07. The van der Waals surface area contributed by atoms with E-state index in [0.29, 0.717) is 11.4 Å². The fourth-order valence-corrected chi connectivity index (χ4v) is 4.65. The Kier molecular flexibility index (Phi) is 8.73. The third-order valence-corrected chi connectivity index (χ3v) is 6.26. The molecule has 5 nitrogen and oxygen atoms in total. The van der Waals surface area contributed by atoms with Crippen LogP contribution in [0, 0.1) is 0 Å². The molecule has 0 unspecified atom stereocenters. The molecule has 2 amide bonds. The van der Waals surface area contributed by atoms with Crippen molar-refractivity contribution in [1.29, 1.82) is 0 Å². The number of imidazole rings is 1. The van der Waals surface area contributed by atoms with Crippen molar-refractivity contribution in [3.63, 3.8) is 0 Å². The molecule has 2 aromatic rings. The highest BCUT2D eigenvalue weighted by Crippen LogP contribution is 2.31. The topological polar surface area (TPSA) is 54.7 Å². The van der Waals surface area contributed by atoms with Crippen LogP contribution in [0.4, 0.5) is 4.79 Å². The number of nitrogens with zero attached hydrogens (tertiary/aromatic N) is 3. The van der Waals surface area contributed by atoms with E-state index in [-0.39, 0.29) is 23.6 Å². The van der Waals surface area contributed by atoms with Gasteiger partial charge in [0.1, 0.15) is 5.65 Å². The molecule has 0 saturated carbocycles. The van der Waals surface area contributed by atoms with Crippen LogP contribution in [0.15, 0.2) is 46.6 Å². The summed E-state index contributed by atoms with van der Waals surface area (Å²) in [7, 11) is 0. The van der Waals surface area contributed by atoms with Crippen molar-refractivity contribution < 1.29 is 9.59 Å². The summed E-state index contributed by atoms with van der Waals surface area (Å²) < 4.78 is 2.07. The monoisotopic (exact) mass is 425 g/mol. The zero-order valence-electron chi connectivity index (χ0n) is 15.3. The summed E-state index contributed by atoms with van der Waals surface area (Å²) in [5, 5.41) is 1.03. The number of rotatable bonds is 9. The van der Waals surface area contributed by atoms with Crippen LogP contribution in [0.25, 0.3) is 5.65 Å². The third kappa shape index (κ3) is 5.53. The molecule has 2 aromatic heterocycles. The van der Waals surface area contributed by atoms with Crippen LogP contribution in [-0.2, 0) is 4.79 Å². The molecule has 0 bridgehead atoms. The molecule has 0 N–H and O–H groups in total. The number of amides is 2. The number of carbonyl (C=O) groups is 2. The first-order valence-corrected chi connectivity index (χ1v) is 10.8. The number of pyridine rings is 1. The summed E-state index contributed by atoms with van der Waals surface area (Å²) in [4.78, 5) is 30.6. The van der Waals surface area contributed by atoms with Gasteiger partial charge < -0.3 is 0 Å². The van der Waals surface area contributed by atoms with Gasteiger partial charge in [-0.05, 0) is 48.9 Å². The van der Waals surface area contributed by atoms with Crippen LogP contribution in [0.5, 0.6) is 0 Å². The lowest BCUT2D eigenvalue weighted by atomic mass is 10.2. The van der Waals surface area contributed by atoms with E-state index in [2.05, 4.69) is 22.4 Å². The van der Waals surface area contributed by atoms with Crippen molar-refractivity contribution in [3.05, 3.63) is 41.6 Å². The first kappa shape index (κ1) is 21.9. The number of hydrogen-bond donors (Lipinski definition) is 0. The average Bonchev–Trinajstić information content (AvgIpc) is 3.22. The van der Waals surface area contributed by atoms with Gasteiger partial charge in [-0.2, -0.15) is 0 Å². The predicted octanol–water partition coefficient (Wildman–Crippen LogP) is 5.40. The largest absolute Gasteiger partial charge is 0.294 e. The van der Waals surface area contributed by atoms with Crippen molar-refractivity contribution in [2.24, 2.45) is 0 Å². The van der Waals surface area contributed by atoms with E-state index in [1.165, 1.54) is 4.90 Å². The van der Waals surface area contributed by atoms with E-state index < -0.39 is 0 Å². The summed E-state index contributed by atoms with van der Waals surface area (Å²) >= 11 is 2.85. The molecule has 0 spiro atoms. The van der Waals surface area contributed by atoms with Gasteiger partial charge >= 0.3 is 0 Å². The van der Waals surface area contributed by atoms with E-state index in [1.54, 1.807) is 18.0 Å². The van der Waals surface area contributed by atoms with Gasteiger partial charge in [-0.15, -0.1) is 24.2 Å². The lowest BCUT2D eigenvalue weighted by Gasteiger charge is -2.12. The lowest BCUT2D eigenvalue weighted by Crippen LogP contribution is -2.29. The van der Waals surface area contributed by atoms with Gasteiger partial charge in [0.15, 0.2) is 0 Å². The number of carbonyl (C=O) groups excluding carboxylic acids is 2.